The molecule has 0 radical (unpaired) electrons. The Hall–Kier alpha value is -2.31. The van der Waals surface area contributed by atoms with Gasteiger partial charge >= 0.3 is 6.01 Å². The number of nitrogens with one attached hydrogen (secondary N) is 1. The lowest BCUT2D eigenvalue weighted by Gasteiger charge is -2.04. The summed E-state index contributed by atoms with van der Waals surface area (Å²) in [5.74, 6) is 1.23. The van der Waals surface area contributed by atoms with Gasteiger partial charge in [-0.1, -0.05) is 0 Å². The van der Waals surface area contributed by atoms with E-state index < -0.39 is 0 Å². The first-order valence-corrected chi connectivity index (χ1v) is 4.59. The fourth-order valence-corrected chi connectivity index (χ4v) is 1.12. The molecule has 0 aromatic carbocycles. The highest BCUT2D eigenvalue weighted by Gasteiger charge is 2.04. The molecule has 0 atom stereocenters. The van der Waals surface area contributed by atoms with Gasteiger partial charge in [0.1, 0.15) is 5.76 Å². The van der Waals surface area contributed by atoms with E-state index in [9.17, 15) is 0 Å². The predicted molar refractivity (Wildman–Crippen MR) is 56.8 cm³/mol. The van der Waals surface area contributed by atoms with Gasteiger partial charge in [0.05, 0.1) is 19.9 Å². The largest absolute Gasteiger partial charge is 0.467 e. The summed E-state index contributed by atoms with van der Waals surface area (Å²) in [4.78, 5) is 11.6. The van der Waals surface area contributed by atoms with Crippen LogP contribution < -0.4 is 15.8 Å². The van der Waals surface area contributed by atoms with E-state index in [1.54, 1.807) is 12.3 Å². The van der Waals surface area contributed by atoms with Crippen molar-refractivity contribution >= 4 is 11.9 Å². The van der Waals surface area contributed by atoms with E-state index in [1.807, 2.05) is 6.07 Å². The molecule has 7 heteroatoms. The SMILES string of the molecule is COc1nc(N)nc(NCc2ccco2)n1. The van der Waals surface area contributed by atoms with Crippen LogP contribution in [0.5, 0.6) is 6.01 Å². The molecule has 16 heavy (non-hydrogen) atoms. The summed E-state index contributed by atoms with van der Waals surface area (Å²) in [7, 11) is 1.46. The molecule has 2 aromatic heterocycles. The summed E-state index contributed by atoms with van der Waals surface area (Å²) < 4.78 is 10.0. The highest BCUT2D eigenvalue weighted by molar-refractivity contribution is 5.32. The van der Waals surface area contributed by atoms with Crippen molar-refractivity contribution in [3.8, 4) is 6.01 Å². The molecule has 0 bridgehead atoms. The number of aromatic nitrogens is 3. The van der Waals surface area contributed by atoms with Crippen molar-refractivity contribution in [2.45, 2.75) is 6.54 Å². The number of anilines is 2. The van der Waals surface area contributed by atoms with Crippen LogP contribution in [0.1, 0.15) is 5.76 Å². The smallest absolute Gasteiger partial charge is 0.322 e. The highest BCUT2D eigenvalue weighted by Crippen LogP contribution is 2.09. The number of nitrogen functional groups attached to an aromatic ring is 1. The molecular weight excluding hydrogens is 210 g/mol. The Labute approximate surface area is 91.7 Å². The first kappa shape index (κ1) is 10.2. The van der Waals surface area contributed by atoms with Crippen LogP contribution >= 0.6 is 0 Å². The van der Waals surface area contributed by atoms with Crippen molar-refractivity contribution in [1.82, 2.24) is 15.0 Å². The number of ether oxygens (including phenoxy) is 1. The Morgan fingerprint density at radius 3 is 3.00 bits per heavy atom. The fourth-order valence-electron chi connectivity index (χ4n) is 1.12. The minimum absolute atomic E-state index is 0.105. The van der Waals surface area contributed by atoms with Crippen molar-refractivity contribution in [3.05, 3.63) is 24.2 Å². The van der Waals surface area contributed by atoms with Gasteiger partial charge in [-0.05, 0) is 12.1 Å². The summed E-state index contributed by atoms with van der Waals surface area (Å²) in [5.41, 5.74) is 5.48. The molecule has 2 heterocycles. The zero-order valence-electron chi connectivity index (χ0n) is 8.67. The van der Waals surface area contributed by atoms with E-state index in [-0.39, 0.29) is 12.0 Å². The Morgan fingerprint density at radius 1 is 1.44 bits per heavy atom. The van der Waals surface area contributed by atoms with Gasteiger partial charge in [-0.2, -0.15) is 15.0 Å². The van der Waals surface area contributed by atoms with Crippen molar-refractivity contribution < 1.29 is 9.15 Å². The molecule has 0 amide bonds. The molecule has 0 spiro atoms. The number of hydrogen-bond donors (Lipinski definition) is 2. The minimum atomic E-state index is 0.105. The Kier molecular flexibility index (Phi) is 2.86. The molecular formula is C9H11N5O2. The quantitative estimate of drug-likeness (QED) is 0.782. The minimum Gasteiger partial charge on any atom is -0.467 e. The van der Waals surface area contributed by atoms with Crippen LogP contribution in [0.3, 0.4) is 0 Å². The van der Waals surface area contributed by atoms with Gasteiger partial charge in [-0.3, -0.25) is 0 Å². The number of nitrogens with zero attached hydrogens (tertiary/aromatic N) is 3. The first-order chi connectivity index (χ1) is 7.78. The summed E-state index contributed by atoms with van der Waals surface area (Å²) in [6, 6.07) is 3.82. The number of furan rings is 1. The van der Waals surface area contributed by atoms with Crippen molar-refractivity contribution in [1.29, 1.82) is 0 Å². The predicted octanol–water partition coefficient (Wildman–Crippen LogP) is 0.667. The number of hydrogen-bond acceptors (Lipinski definition) is 7. The van der Waals surface area contributed by atoms with E-state index in [2.05, 4.69) is 20.3 Å². The van der Waals surface area contributed by atoms with E-state index in [0.29, 0.717) is 12.5 Å². The monoisotopic (exact) mass is 221 g/mol. The average Bonchev–Trinajstić information content (AvgIpc) is 2.78. The molecule has 0 fully saturated rings. The van der Waals surface area contributed by atoms with E-state index in [1.165, 1.54) is 7.11 Å². The lowest BCUT2D eigenvalue weighted by Crippen LogP contribution is -2.07. The Morgan fingerprint density at radius 2 is 2.31 bits per heavy atom. The van der Waals surface area contributed by atoms with Gasteiger partial charge in [0.15, 0.2) is 0 Å². The maximum Gasteiger partial charge on any atom is 0.322 e. The molecule has 0 aliphatic heterocycles. The molecule has 0 saturated carbocycles. The van der Waals surface area contributed by atoms with Crippen molar-refractivity contribution in [2.24, 2.45) is 0 Å². The van der Waals surface area contributed by atoms with E-state index in [4.69, 9.17) is 14.9 Å². The van der Waals surface area contributed by atoms with Gasteiger partial charge < -0.3 is 20.2 Å². The highest BCUT2D eigenvalue weighted by atomic mass is 16.5. The van der Waals surface area contributed by atoms with Gasteiger partial charge in [0.2, 0.25) is 11.9 Å². The molecule has 0 aliphatic rings. The van der Waals surface area contributed by atoms with Crippen LogP contribution in [0.15, 0.2) is 22.8 Å². The van der Waals surface area contributed by atoms with Crippen LogP contribution in [0, 0.1) is 0 Å². The number of methoxy groups -OCH3 is 1. The third-order valence-corrected chi connectivity index (χ3v) is 1.82. The molecule has 0 unspecified atom stereocenters. The van der Waals surface area contributed by atoms with Crippen LogP contribution in [0.2, 0.25) is 0 Å². The molecule has 3 N–H and O–H groups in total. The van der Waals surface area contributed by atoms with Gasteiger partial charge in [-0.15, -0.1) is 0 Å². The average molecular weight is 221 g/mol. The van der Waals surface area contributed by atoms with Crippen LogP contribution in [0.4, 0.5) is 11.9 Å². The topological polar surface area (TPSA) is 99.1 Å². The third kappa shape index (κ3) is 2.38. The number of rotatable bonds is 4. The summed E-state index contributed by atoms with van der Waals surface area (Å²) in [6.45, 7) is 0.472. The molecule has 84 valence electrons. The second-order valence-corrected chi connectivity index (χ2v) is 2.94. The zero-order valence-corrected chi connectivity index (χ0v) is 8.67. The second kappa shape index (κ2) is 4.47. The molecule has 2 aromatic rings. The van der Waals surface area contributed by atoms with Gasteiger partial charge in [-0.25, -0.2) is 0 Å². The molecule has 0 saturated heterocycles. The second-order valence-electron chi connectivity index (χ2n) is 2.94. The maximum atomic E-state index is 5.48. The number of nitrogens with two attached hydrogens (primary N) is 1. The Balaban J connectivity index is 2.06. The van der Waals surface area contributed by atoms with E-state index >= 15 is 0 Å². The van der Waals surface area contributed by atoms with Crippen molar-refractivity contribution in [2.75, 3.05) is 18.2 Å². The maximum absolute atomic E-state index is 5.48. The van der Waals surface area contributed by atoms with Crippen LogP contribution in [-0.4, -0.2) is 22.1 Å². The van der Waals surface area contributed by atoms with Crippen LogP contribution in [-0.2, 0) is 6.54 Å². The first-order valence-electron chi connectivity index (χ1n) is 4.59. The lowest BCUT2D eigenvalue weighted by molar-refractivity contribution is 0.379. The molecule has 2 rings (SSSR count). The van der Waals surface area contributed by atoms with Crippen molar-refractivity contribution in [3.63, 3.8) is 0 Å². The fraction of sp³-hybridized carbons (Fsp3) is 0.222. The van der Waals surface area contributed by atoms with Crippen LogP contribution in [0.25, 0.3) is 0 Å². The lowest BCUT2D eigenvalue weighted by atomic mass is 10.4. The summed E-state index contributed by atoms with van der Waals surface area (Å²) in [6.07, 6.45) is 1.60. The normalized spacial score (nSPS) is 10.1. The molecule has 0 aliphatic carbocycles. The van der Waals surface area contributed by atoms with Gasteiger partial charge in [0.25, 0.3) is 0 Å². The van der Waals surface area contributed by atoms with E-state index in [0.717, 1.165) is 5.76 Å². The van der Waals surface area contributed by atoms with Gasteiger partial charge in [0, 0.05) is 0 Å². The third-order valence-electron chi connectivity index (χ3n) is 1.82. The summed E-state index contributed by atoms with van der Waals surface area (Å²) in [5, 5.41) is 2.95. The Bertz CT molecular complexity index is 457. The zero-order chi connectivity index (χ0) is 11.4. The summed E-state index contributed by atoms with van der Waals surface area (Å²) >= 11 is 0. The molecule has 7 nitrogen and oxygen atoms in total. The standard InChI is InChI=1S/C9H11N5O2/c1-15-9-13-7(10)12-8(14-9)11-5-6-3-2-4-16-6/h2-4H,5H2,1H3,(H3,10,11,12,13,14).